The maximum atomic E-state index is 11.0. The third-order valence-corrected chi connectivity index (χ3v) is 3.22. The fourth-order valence-electron chi connectivity index (χ4n) is 2.09. The minimum atomic E-state index is -0.587. The highest BCUT2D eigenvalue weighted by atomic mass is 16.6. The van der Waals surface area contributed by atoms with Crippen LogP contribution in [0.25, 0.3) is 0 Å². The Labute approximate surface area is 142 Å². The van der Waals surface area contributed by atoms with Gasteiger partial charge in [-0.05, 0) is 12.1 Å². The lowest BCUT2D eigenvalue weighted by Crippen LogP contribution is -2.09. The molecule has 0 atom stereocenters. The Morgan fingerprint density at radius 3 is 1.56 bits per heavy atom. The number of nitro groups is 2. The van der Waals surface area contributed by atoms with Gasteiger partial charge in [-0.25, -0.2) is 0 Å². The summed E-state index contributed by atoms with van der Waals surface area (Å²) < 4.78 is 10.7. The van der Waals surface area contributed by atoms with Crippen LogP contribution in [0.1, 0.15) is 6.42 Å². The van der Waals surface area contributed by atoms with Crippen molar-refractivity contribution in [2.75, 3.05) is 24.7 Å². The molecular weight excluding hydrogens is 332 g/mol. The van der Waals surface area contributed by atoms with Crippen LogP contribution in [0.15, 0.2) is 36.4 Å². The smallest absolute Gasteiger partial charge is 0.313 e. The van der Waals surface area contributed by atoms with E-state index in [0.29, 0.717) is 6.42 Å². The molecule has 0 aliphatic carbocycles. The Hall–Kier alpha value is -3.56. The number of nitro benzene ring substituents is 2. The van der Waals surface area contributed by atoms with E-state index in [0.717, 1.165) is 0 Å². The van der Waals surface area contributed by atoms with E-state index in [1.54, 1.807) is 0 Å². The van der Waals surface area contributed by atoms with Gasteiger partial charge in [0.15, 0.2) is 0 Å². The van der Waals surface area contributed by atoms with Gasteiger partial charge >= 0.3 is 11.4 Å². The van der Waals surface area contributed by atoms with Crippen molar-refractivity contribution in [2.45, 2.75) is 6.42 Å². The molecule has 2 rings (SSSR count). The quantitative estimate of drug-likeness (QED) is 0.319. The summed E-state index contributed by atoms with van der Waals surface area (Å²) in [4.78, 5) is 20.7. The van der Waals surface area contributed by atoms with Gasteiger partial charge in [0.2, 0.25) is 11.5 Å². The first kappa shape index (κ1) is 17.8. The van der Waals surface area contributed by atoms with Crippen molar-refractivity contribution >= 4 is 22.7 Å². The van der Waals surface area contributed by atoms with Crippen molar-refractivity contribution in [2.24, 2.45) is 0 Å². The fourth-order valence-corrected chi connectivity index (χ4v) is 2.09. The summed E-state index contributed by atoms with van der Waals surface area (Å²) in [5.41, 5.74) is 11.2. The number of nitrogens with two attached hydrogens (primary N) is 2. The molecule has 4 N–H and O–H groups in total. The van der Waals surface area contributed by atoms with Crippen LogP contribution >= 0.6 is 0 Å². The van der Waals surface area contributed by atoms with E-state index in [2.05, 4.69) is 0 Å². The molecule has 0 saturated carbocycles. The molecule has 0 spiro atoms. The first-order chi connectivity index (χ1) is 11.9. The maximum absolute atomic E-state index is 11.0. The highest BCUT2D eigenvalue weighted by molar-refractivity contribution is 5.64. The molecule has 2 aromatic carbocycles. The van der Waals surface area contributed by atoms with Crippen LogP contribution in [-0.2, 0) is 0 Å². The Morgan fingerprint density at radius 1 is 0.800 bits per heavy atom. The molecule has 10 heteroatoms. The fraction of sp³-hybridized carbons (Fsp3) is 0.200. The van der Waals surface area contributed by atoms with Crippen LogP contribution in [0.4, 0.5) is 22.7 Å². The van der Waals surface area contributed by atoms with Crippen molar-refractivity contribution < 1.29 is 19.3 Å². The zero-order chi connectivity index (χ0) is 18.4. The average Bonchev–Trinajstić information content (AvgIpc) is 2.56. The summed E-state index contributed by atoms with van der Waals surface area (Å²) in [7, 11) is 0. The summed E-state index contributed by atoms with van der Waals surface area (Å²) >= 11 is 0. The second-order valence-electron chi connectivity index (χ2n) is 4.96. The van der Waals surface area contributed by atoms with Crippen LogP contribution in [0, 0.1) is 20.2 Å². The molecule has 0 amide bonds. The van der Waals surface area contributed by atoms with Gasteiger partial charge in [-0.15, -0.1) is 0 Å². The van der Waals surface area contributed by atoms with Crippen molar-refractivity contribution in [3.63, 3.8) is 0 Å². The first-order valence-corrected chi connectivity index (χ1v) is 7.23. The topological polar surface area (TPSA) is 157 Å². The molecule has 132 valence electrons. The summed E-state index contributed by atoms with van der Waals surface area (Å²) in [5, 5.41) is 21.9. The van der Waals surface area contributed by atoms with Crippen LogP contribution in [0.2, 0.25) is 0 Å². The molecule has 25 heavy (non-hydrogen) atoms. The Balaban J connectivity index is 1.94. The van der Waals surface area contributed by atoms with E-state index in [4.69, 9.17) is 20.9 Å². The lowest BCUT2D eigenvalue weighted by atomic mass is 10.2. The van der Waals surface area contributed by atoms with Crippen molar-refractivity contribution in [1.82, 2.24) is 0 Å². The minimum absolute atomic E-state index is 0.0160. The molecule has 0 radical (unpaired) electrons. The van der Waals surface area contributed by atoms with Gasteiger partial charge in [-0.1, -0.05) is 12.1 Å². The molecular formula is C15H16N4O6. The monoisotopic (exact) mass is 348 g/mol. The van der Waals surface area contributed by atoms with E-state index in [9.17, 15) is 20.2 Å². The largest absolute Gasteiger partial charge is 0.485 e. The average molecular weight is 348 g/mol. The molecule has 10 nitrogen and oxygen atoms in total. The summed E-state index contributed by atoms with van der Waals surface area (Å²) in [6, 6.07) is 8.48. The molecule has 0 saturated heterocycles. The van der Waals surface area contributed by atoms with Gasteiger partial charge in [0.1, 0.15) is 0 Å². The Bertz CT molecular complexity index is 730. The molecule has 0 aliphatic heterocycles. The lowest BCUT2D eigenvalue weighted by molar-refractivity contribution is -0.385. The van der Waals surface area contributed by atoms with Gasteiger partial charge in [-0.2, -0.15) is 0 Å². The molecule has 0 aromatic heterocycles. The number of hydrogen-bond acceptors (Lipinski definition) is 8. The van der Waals surface area contributed by atoms with E-state index in [1.165, 1.54) is 36.4 Å². The first-order valence-electron chi connectivity index (χ1n) is 7.23. The molecule has 0 fully saturated rings. The maximum Gasteiger partial charge on any atom is 0.313 e. The number of ether oxygens (including phenoxy) is 2. The number of nitrogen functional groups attached to an aromatic ring is 2. The van der Waals surface area contributed by atoms with Gasteiger partial charge in [0.05, 0.1) is 34.4 Å². The minimum Gasteiger partial charge on any atom is -0.485 e. The van der Waals surface area contributed by atoms with E-state index in [1.807, 2.05) is 0 Å². The highest BCUT2D eigenvalue weighted by Crippen LogP contribution is 2.34. The zero-order valence-electron chi connectivity index (χ0n) is 13.1. The second-order valence-corrected chi connectivity index (χ2v) is 4.96. The van der Waals surface area contributed by atoms with Gasteiger partial charge < -0.3 is 20.9 Å². The number of hydrogen-bond donors (Lipinski definition) is 2. The zero-order valence-corrected chi connectivity index (χ0v) is 13.1. The number of benzene rings is 2. The highest BCUT2D eigenvalue weighted by Gasteiger charge is 2.19. The van der Waals surface area contributed by atoms with Gasteiger partial charge in [0.25, 0.3) is 0 Å². The summed E-state index contributed by atoms with van der Waals surface area (Å²) in [5.74, 6) is -0.0320. The third kappa shape index (κ3) is 4.25. The predicted octanol–water partition coefficient (Wildman–Crippen LogP) is 2.52. The Kier molecular flexibility index (Phi) is 5.56. The number of nitrogens with zero attached hydrogens (tertiary/aromatic N) is 2. The molecule has 0 bridgehead atoms. The predicted molar refractivity (Wildman–Crippen MR) is 90.6 cm³/mol. The summed E-state index contributed by atoms with van der Waals surface area (Å²) in [6.07, 6.45) is 0.316. The molecule has 0 heterocycles. The normalized spacial score (nSPS) is 10.2. The van der Waals surface area contributed by atoms with Crippen molar-refractivity contribution in [3.05, 3.63) is 56.6 Å². The van der Waals surface area contributed by atoms with Crippen LogP contribution in [-0.4, -0.2) is 23.1 Å². The molecule has 2 aromatic rings. The SMILES string of the molecule is Nc1cccc([N+](=O)[O-])c1OCCCOc1c(N)cccc1[N+](=O)[O-]. The summed E-state index contributed by atoms with van der Waals surface area (Å²) in [6.45, 7) is 0.158. The van der Waals surface area contributed by atoms with Crippen LogP contribution < -0.4 is 20.9 Å². The number of rotatable bonds is 8. The van der Waals surface area contributed by atoms with Gasteiger partial charge in [0, 0.05) is 18.6 Å². The van der Waals surface area contributed by atoms with Crippen molar-refractivity contribution in [1.29, 1.82) is 0 Å². The van der Waals surface area contributed by atoms with E-state index in [-0.39, 0.29) is 47.5 Å². The van der Waals surface area contributed by atoms with Crippen LogP contribution in [0.3, 0.4) is 0 Å². The third-order valence-electron chi connectivity index (χ3n) is 3.22. The van der Waals surface area contributed by atoms with E-state index < -0.39 is 9.85 Å². The Morgan fingerprint density at radius 2 is 1.20 bits per heavy atom. The number of anilines is 2. The molecule has 0 aliphatic rings. The standard InChI is InChI=1S/C15H16N4O6/c16-10-4-1-6-12(18(20)21)14(10)24-8-3-9-25-15-11(17)5-2-7-13(15)19(22)23/h1-2,4-7H,3,8-9,16-17H2. The van der Waals surface area contributed by atoms with Crippen molar-refractivity contribution in [3.8, 4) is 11.5 Å². The van der Waals surface area contributed by atoms with E-state index >= 15 is 0 Å². The lowest BCUT2D eigenvalue weighted by Gasteiger charge is -2.11. The molecule has 0 unspecified atom stereocenters. The van der Waals surface area contributed by atoms with Crippen LogP contribution in [0.5, 0.6) is 11.5 Å². The second kappa shape index (κ2) is 7.81. The van der Waals surface area contributed by atoms with Gasteiger partial charge in [-0.3, -0.25) is 20.2 Å². The number of para-hydroxylation sites is 2.